The quantitative estimate of drug-likeness (QED) is 0.771. The topological polar surface area (TPSA) is 48.5 Å². The van der Waals surface area contributed by atoms with Crippen LogP contribution in [0.25, 0.3) is 10.6 Å². The lowest BCUT2D eigenvalue weighted by atomic mass is 10.0. The van der Waals surface area contributed by atoms with Gasteiger partial charge in [0.15, 0.2) is 0 Å². The molecule has 28 heavy (non-hydrogen) atoms. The Labute approximate surface area is 172 Å². The molecule has 1 unspecified atom stereocenters. The summed E-state index contributed by atoms with van der Waals surface area (Å²) in [6, 6.07) is 10.3. The zero-order chi connectivity index (χ0) is 20.1. The van der Waals surface area contributed by atoms with Crippen molar-refractivity contribution in [3.05, 3.63) is 41.4 Å². The molecule has 0 radical (unpaired) electrons. The molecule has 0 spiro atoms. The molecule has 2 heterocycles. The molecule has 152 valence electrons. The highest BCUT2D eigenvalue weighted by atomic mass is 32.1. The minimum absolute atomic E-state index is 0.0862. The highest BCUT2D eigenvalue weighted by molar-refractivity contribution is 7.13. The van der Waals surface area contributed by atoms with Gasteiger partial charge in [0.05, 0.1) is 11.7 Å². The second-order valence-electron chi connectivity index (χ2n) is 8.22. The zero-order valence-corrected chi connectivity index (χ0v) is 18.3. The first-order valence-corrected chi connectivity index (χ1v) is 11.0. The molecular weight excluding hydrogens is 368 g/mol. The van der Waals surface area contributed by atoms with E-state index in [0.29, 0.717) is 0 Å². The largest absolute Gasteiger partial charge is 0.350 e. The third kappa shape index (κ3) is 5.40. The van der Waals surface area contributed by atoms with Gasteiger partial charge in [0, 0.05) is 49.2 Å². The number of thiazole rings is 1. The summed E-state index contributed by atoms with van der Waals surface area (Å²) in [6.45, 7) is 12.9. The van der Waals surface area contributed by atoms with Gasteiger partial charge < -0.3 is 5.32 Å². The van der Waals surface area contributed by atoms with Crippen molar-refractivity contribution in [3.8, 4) is 10.6 Å². The molecule has 1 saturated heterocycles. The Balaban J connectivity index is 1.49. The van der Waals surface area contributed by atoms with Gasteiger partial charge in [0.2, 0.25) is 5.91 Å². The van der Waals surface area contributed by atoms with E-state index in [1.165, 1.54) is 5.56 Å². The van der Waals surface area contributed by atoms with Crippen molar-refractivity contribution in [1.29, 1.82) is 0 Å². The van der Waals surface area contributed by atoms with Crippen molar-refractivity contribution < 1.29 is 4.79 Å². The Bertz CT molecular complexity index is 766. The van der Waals surface area contributed by atoms with Crippen LogP contribution in [0, 0.1) is 0 Å². The highest BCUT2D eigenvalue weighted by Gasteiger charge is 2.28. The molecule has 1 aromatic heterocycles. The van der Waals surface area contributed by atoms with E-state index < -0.39 is 0 Å². The Morgan fingerprint density at radius 1 is 1.21 bits per heavy atom. The van der Waals surface area contributed by atoms with Gasteiger partial charge in [-0.15, -0.1) is 11.3 Å². The maximum Gasteiger partial charge on any atom is 0.237 e. The van der Waals surface area contributed by atoms with Gasteiger partial charge >= 0.3 is 0 Å². The standard InChI is InChI=1S/C22H32N4OS/c1-5-22(3,4)24-20(27)17(2)26-13-11-25(12-14-26)15-19-16-28-21(23-19)18-9-7-6-8-10-18/h6-10,16-17H,5,11-15H2,1-4H3,(H,24,27). The number of nitrogens with one attached hydrogen (secondary N) is 1. The smallest absolute Gasteiger partial charge is 0.237 e. The zero-order valence-electron chi connectivity index (χ0n) is 17.4. The number of hydrogen-bond donors (Lipinski definition) is 1. The summed E-state index contributed by atoms with van der Waals surface area (Å²) < 4.78 is 0. The monoisotopic (exact) mass is 400 g/mol. The number of aromatic nitrogens is 1. The number of carbonyl (C=O) groups excluding carboxylic acids is 1. The van der Waals surface area contributed by atoms with Crippen molar-refractivity contribution in [2.75, 3.05) is 26.2 Å². The number of rotatable bonds is 7. The number of benzene rings is 1. The average Bonchev–Trinajstić information content (AvgIpc) is 3.17. The molecule has 0 bridgehead atoms. The molecule has 1 N–H and O–H groups in total. The Hall–Kier alpha value is -1.76. The van der Waals surface area contributed by atoms with E-state index in [4.69, 9.17) is 4.98 Å². The summed E-state index contributed by atoms with van der Waals surface area (Å²) in [4.78, 5) is 22.1. The second-order valence-corrected chi connectivity index (χ2v) is 9.08. The van der Waals surface area contributed by atoms with Crippen LogP contribution in [0.3, 0.4) is 0 Å². The SMILES string of the molecule is CCC(C)(C)NC(=O)C(C)N1CCN(Cc2csc(-c3ccccc3)n2)CC1. The van der Waals surface area contributed by atoms with E-state index in [-0.39, 0.29) is 17.5 Å². The van der Waals surface area contributed by atoms with Crippen LogP contribution in [-0.4, -0.2) is 58.5 Å². The Morgan fingerprint density at radius 3 is 2.54 bits per heavy atom. The number of hydrogen-bond acceptors (Lipinski definition) is 5. The molecule has 1 aromatic carbocycles. The maximum absolute atomic E-state index is 12.6. The van der Waals surface area contributed by atoms with Gasteiger partial charge in [-0.1, -0.05) is 37.3 Å². The summed E-state index contributed by atoms with van der Waals surface area (Å²) in [5, 5.41) is 6.42. The molecule has 0 saturated carbocycles. The molecule has 1 aliphatic rings. The number of piperazine rings is 1. The summed E-state index contributed by atoms with van der Waals surface area (Å²) in [5.41, 5.74) is 2.17. The van der Waals surface area contributed by atoms with Gasteiger partial charge in [-0.2, -0.15) is 0 Å². The van der Waals surface area contributed by atoms with Crippen LogP contribution in [-0.2, 0) is 11.3 Å². The van der Waals surface area contributed by atoms with E-state index in [1.807, 2.05) is 13.0 Å². The molecular formula is C22H32N4OS. The number of amides is 1. The van der Waals surface area contributed by atoms with Crippen molar-refractivity contribution >= 4 is 17.2 Å². The third-order valence-electron chi connectivity index (χ3n) is 5.64. The predicted octanol–water partition coefficient (Wildman–Crippen LogP) is 3.62. The average molecular weight is 401 g/mol. The van der Waals surface area contributed by atoms with Crippen LogP contribution in [0.4, 0.5) is 0 Å². The Morgan fingerprint density at radius 2 is 1.89 bits per heavy atom. The number of nitrogens with zero attached hydrogens (tertiary/aromatic N) is 3. The lowest BCUT2D eigenvalue weighted by Gasteiger charge is -2.38. The van der Waals surface area contributed by atoms with Crippen LogP contribution in [0.2, 0.25) is 0 Å². The molecule has 5 nitrogen and oxygen atoms in total. The van der Waals surface area contributed by atoms with E-state index in [0.717, 1.165) is 49.8 Å². The molecule has 1 amide bonds. The van der Waals surface area contributed by atoms with Crippen LogP contribution in [0.5, 0.6) is 0 Å². The minimum Gasteiger partial charge on any atom is -0.350 e. The first kappa shape index (κ1) is 21.0. The van der Waals surface area contributed by atoms with E-state index >= 15 is 0 Å². The van der Waals surface area contributed by atoms with Gasteiger partial charge in [0.1, 0.15) is 5.01 Å². The second kappa shape index (κ2) is 9.16. The molecule has 2 aromatic rings. The first-order valence-electron chi connectivity index (χ1n) is 10.2. The first-order chi connectivity index (χ1) is 13.4. The van der Waals surface area contributed by atoms with Crippen molar-refractivity contribution in [2.45, 2.75) is 52.2 Å². The molecule has 6 heteroatoms. The van der Waals surface area contributed by atoms with Crippen LogP contribution in [0.15, 0.2) is 35.7 Å². The van der Waals surface area contributed by atoms with Gasteiger partial charge in [-0.25, -0.2) is 4.98 Å². The van der Waals surface area contributed by atoms with Crippen molar-refractivity contribution in [3.63, 3.8) is 0 Å². The lowest BCUT2D eigenvalue weighted by molar-refractivity contribution is -0.128. The van der Waals surface area contributed by atoms with Crippen molar-refractivity contribution in [1.82, 2.24) is 20.1 Å². The fraction of sp³-hybridized carbons (Fsp3) is 0.545. The minimum atomic E-state index is -0.145. The summed E-state index contributed by atoms with van der Waals surface area (Å²) >= 11 is 1.71. The van der Waals surface area contributed by atoms with Crippen LogP contribution < -0.4 is 5.32 Å². The summed E-state index contributed by atoms with van der Waals surface area (Å²) in [5.74, 6) is 0.132. The summed E-state index contributed by atoms with van der Waals surface area (Å²) in [7, 11) is 0. The third-order valence-corrected chi connectivity index (χ3v) is 6.58. The fourth-order valence-electron chi connectivity index (χ4n) is 3.32. The normalized spacial score (nSPS) is 17.4. The lowest BCUT2D eigenvalue weighted by Crippen LogP contribution is -2.56. The molecule has 1 aliphatic heterocycles. The maximum atomic E-state index is 12.6. The van der Waals surface area contributed by atoms with E-state index in [1.54, 1.807) is 11.3 Å². The number of carbonyl (C=O) groups is 1. The molecule has 1 fully saturated rings. The molecule has 0 aliphatic carbocycles. The summed E-state index contributed by atoms with van der Waals surface area (Å²) in [6.07, 6.45) is 0.928. The van der Waals surface area contributed by atoms with Gasteiger partial charge in [-0.05, 0) is 27.2 Å². The van der Waals surface area contributed by atoms with E-state index in [9.17, 15) is 4.79 Å². The molecule has 1 atom stereocenters. The predicted molar refractivity (Wildman–Crippen MR) is 116 cm³/mol. The molecule has 3 rings (SSSR count). The van der Waals surface area contributed by atoms with Gasteiger partial charge in [0.25, 0.3) is 0 Å². The van der Waals surface area contributed by atoms with Crippen LogP contribution >= 0.6 is 11.3 Å². The van der Waals surface area contributed by atoms with Crippen LogP contribution in [0.1, 0.15) is 39.8 Å². The van der Waals surface area contributed by atoms with Gasteiger partial charge in [-0.3, -0.25) is 14.6 Å². The highest BCUT2D eigenvalue weighted by Crippen LogP contribution is 2.24. The van der Waals surface area contributed by atoms with E-state index in [2.05, 4.69) is 65.5 Å². The Kier molecular flexibility index (Phi) is 6.86. The fourth-order valence-corrected chi connectivity index (χ4v) is 4.14. The van der Waals surface area contributed by atoms with Crippen molar-refractivity contribution in [2.24, 2.45) is 0 Å².